The molecule has 0 saturated carbocycles. The number of amides is 2. The molecule has 5 nitrogen and oxygen atoms in total. The van der Waals surface area contributed by atoms with Crippen LogP contribution in [0.5, 0.6) is 5.75 Å². The molecule has 0 aliphatic rings. The topological polar surface area (TPSA) is 63.5 Å². The van der Waals surface area contributed by atoms with Gasteiger partial charge in [-0.25, -0.2) is 13.6 Å². The lowest BCUT2D eigenvalue weighted by Crippen LogP contribution is -2.20. The van der Waals surface area contributed by atoms with Crippen molar-refractivity contribution in [2.75, 3.05) is 17.7 Å². The Bertz CT molecular complexity index is 1260. The summed E-state index contributed by atoms with van der Waals surface area (Å²) in [6.07, 6.45) is 0. The van der Waals surface area contributed by atoms with Crippen LogP contribution in [0.25, 0.3) is 22.1 Å². The number of ether oxygens (including phenoxy) is 1. The maximum atomic E-state index is 13.9. The van der Waals surface area contributed by atoms with Gasteiger partial charge in [0.25, 0.3) is 0 Å². The van der Waals surface area contributed by atoms with Gasteiger partial charge in [-0.2, -0.15) is 0 Å². The van der Waals surface area contributed by atoms with Crippen molar-refractivity contribution in [3.05, 3.63) is 77.3 Å². The lowest BCUT2D eigenvalue weighted by molar-refractivity contribution is 0.261. The van der Waals surface area contributed by atoms with Crippen molar-refractivity contribution in [2.45, 2.75) is 0 Å². The highest BCUT2D eigenvalue weighted by Crippen LogP contribution is 2.42. The van der Waals surface area contributed by atoms with Gasteiger partial charge in [-0.05, 0) is 36.4 Å². The number of methoxy groups -OCH3 is 1. The summed E-state index contributed by atoms with van der Waals surface area (Å²) in [5.41, 5.74) is 1.50. The normalized spacial score (nSPS) is 10.8. The highest BCUT2D eigenvalue weighted by atomic mass is 35.5. The monoisotopic (exact) mass is 428 g/mol. The summed E-state index contributed by atoms with van der Waals surface area (Å²) >= 11 is 6.38. The molecule has 0 aliphatic heterocycles. The average Bonchev–Trinajstić information content (AvgIpc) is 3.07. The lowest BCUT2D eigenvalue weighted by atomic mass is 10.0. The summed E-state index contributed by atoms with van der Waals surface area (Å²) in [5, 5.41) is 6.04. The van der Waals surface area contributed by atoms with E-state index in [4.69, 9.17) is 20.8 Å². The van der Waals surface area contributed by atoms with Crippen molar-refractivity contribution in [1.29, 1.82) is 0 Å². The van der Waals surface area contributed by atoms with Crippen LogP contribution in [0.3, 0.4) is 0 Å². The van der Waals surface area contributed by atoms with Crippen LogP contribution < -0.4 is 15.4 Å². The van der Waals surface area contributed by atoms with E-state index in [9.17, 15) is 13.6 Å². The van der Waals surface area contributed by atoms with Gasteiger partial charge in [-0.1, -0.05) is 29.8 Å². The fraction of sp³-hybridized carbons (Fsp3) is 0.0455. The summed E-state index contributed by atoms with van der Waals surface area (Å²) in [5.74, 6) is -0.927. The van der Waals surface area contributed by atoms with Gasteiger partial charge in [0.15, 0.2) is 0 Å². The van der Waals surface area contributed by atoms with Crippen LogP contribution in [0.2, 0.25) is 5.02 Å². The van der Waals surface area contributed by atoms with Gasteiger partial charge in [-0.15, -0.1) is 0 Å². The molecule has 0 bridgehead atoms. The van der Waals surface area contributed by atoms with Gasteiger partial charge < -0.3 is 14.5 Å². The summed E-state index contributed by atoms with van der Waals surface area (Å²) in [6, 6.07) is 14.4. The number of halogens is 3. The minimum absolute atomic E-state index is 0.117. The molecule has 0 fully saturated rings. The van der Waals surface area contributed by atoms with Crippen molar-refractivity contribution < 1.29 is 22.7 Å². The molecule has 3 aromatic carbocycles. The quantitative estimate of drug-likeness (QED) is 0.381. The number of hydrogen-bond donors (Lipinski definition) is 2. The number of carbonyl (C=O) groups is 1. The van der Waals surface area contributed by atoms with E-state index in [1.165, 1.54) is 0 Å². The molecule has 0 radical (unpaired) electrons. The maximum absolute atomic E-state index is 13.9. The van der Waals surface area contributed by atoms with Crippen LogP contribution in [0.4, 0.5) is 25.1 Å². The minimum Gasteiger partial charge on any atom is -0.497 e. The molecular formula is C22H15ClF2N2O3. The first-order valence-corrected chi connectivity index (χ1v) is 9.22. The predicted molar refractivity (Wildman–Crippen MR) is 112 cm³/mol. The second kappa shape index (κ2) is 8.04. The highest BCUT2D eigenvalue weighted by molar-refractivity contribution is 6.34. The van der Waals surface area contributed by atoms with Gasteiger partial charge in [-0.3, -0.25) is 5.32 Å². The van der Waals surface area contributed by atoms with E-state index < -0.39 is 17.7 Å². The molecule has 152 valence electrons. The molecule has 0 aliphatic carbocycles. The van der Waals surface area contributed by atoms with Gasteiger partial charge >= 0.3 is 6.03 Å². The standard InChI is InChI=1S/C22H15ClF2N2O3/c1-29-13-7-9-19-15(11-13)20(14-4-2-3-5-16(14)23)21(30-19)27-22(28)26-18-8-6-12(24)10-17(18)25/h2-11H,1H3,(H2,26,27,28). The van der Waals surface area contributed by atoms with E-state index >= 15 is 0 Å². The summed E-state index contributed by atoms with van der Waals surface area (Å²) < 4.78 is 38.1. The third kappa shape index (κ3) is 3.79. The van der Waals surface area contributed by atoms with E-state index in [0.29, 0.717) is 38.9 Å². The van der Waals surface area contributed by atoms with Gasteiger partial charge in [0, 0.05) is 22.0 Å². The Morgan fingerprint density at radius 2 is 1.83 bits per heavy atom. The Hall–Kier alpha value is -3.58. The average molecular weight is 429 g/mol. The van der Waals surface area contributed by atoms with Crippen molar-refractivity contribution in [1.82, 2.24) is 0 Å². The van der Waals surface area contributed by atoms with Crippen molar-refractivity contribution in [3.8, 4) is 16.9 Å². The Kier molecular flexibility index (Phi) is 5.29. The van der Waals surface area contributed by atoms with Crippen LogP contribution in [0, 0.1) is 11.6 Å². The van der Waals surface area contributed by atoms with Crippen LogP contribution in [-0.2, 0) is 0 Å². The second-order valence-corrected chi connectivity index (χ2v) is 6.76. The van der Waals surface area contributed by atoms with Gasteiger partial charge in [0.1, 0.15) is 23.0 Å². The van der Waals surface area contributed by atoms with Crippen LogP contribution in [0.15, 0.2) is 65.1 Å². The Morgan fingerprint density at radius 1 is 1.03 bits per heavy atom. The smallest absolute Gasteiger partial charge is 0.326 e. The van der Waals surface area contributed by atoms with Crippen molar-refractivity contribution >= 4 is 40.2 Å². The Morgan fingerprint density at radius 3 is 2.57 bits per heavy atom. The van der Waals surface area contributed by atoms with Crippen LogP contribution >= 0.6 is 11.6 Å². The molecule has 30 heavy (non-hydrogen) atoms. The molecule has 2 amide bonds. The van der Waals surface area contributed by atoms with Gasteiger partial charge in [0.2, 0.25) is 5.88 Å². The molecule has 0 saturated heterocycles. The largest absolute Gasteiger partial charge is 0.497 e. The molecule has 1 heterocycles. The summed E-state index contributed by atoms with van der Waals surface area (Å²) in [7, 11) is 1.54. The van der Waals surface area contributed by atoms with E-state index in [-0.39, 0.29) is 11.6 Å². The zero-order chi connectivity index (χ0) is 21.3. The molecule has 8 heteroatoms. The van der Waals surface area contributed by atoms with Crippen molar-refractivity contribution in [3.63, 3.8) is 0 Å². The number of carbonyl (C=O) groups excluding carboxylic acids is 1. The Balaban J connectivity index is 1.75. The number of fused-ring (bicyclic) bond motifs is 1. The highest BCUT2D eigenvalue weighted by Gasteiger charge is 2.21. The van der Waals surface area contributed by atoms with E-state index in [2.05, 4.69) is 10.6 Å². The number of rotatable bonds is 4. The molecule has 4 rings (SSSR count). The number of hydrogen-bond acceptors (Lipinski definition) is 3. The molecule has 0 atom stereocenters. The first-order valence-electron chi connectivity index (χ1n) is 8.85. The van der Waals surface area contributed by atoms with E-state index in [0.717, 1.165) is 12.1 Å². The molecular weight excluding hydrogens is 414 g/mol. The first kappa shape index (κ1) is 19.7. The number of benzene rings is 3. The third-order valence-corrected chi connectivity index (χ3v) is 4.77. The summed E-state index contributed by atoms with van der Waals surface area (Å²) in [4.78, 5) is 12.5. The molecule has 1 aromatic heterocycles. The fourth-order valence-corrected chi connectivity index (χ4v) is 3.30. The van der Waals surface area contributed by atoms with Crippen LogP contribution in [-0.4, -0.2) is 13.1 Å². The number of urea groups is 1. The first-order chi connectivity index (χ1) is 14.5. The van der Waals surface area contributed by atoms with Crippen LogP contribution in [0.1, 0.15) is 0 Å². The maximum Gasteiger partial charge on any atom is 0.326 e. The SMILES string of the molecule is COc1ccc2oc(NC(=O)Nc3ccc(F)cc3F)c(-c3ccccc3Cl)c2c1. The molecule has 0 unspecified atom stereocenters. The lowest BCUT2D eigenvalue weighted by Gasteiger charge is -2.09. The second-order valence-electron chi connectivity index (χ2n) is 6.35. The molecule has 2 N–H and O–H groups in total. The fourth-order valence-electron chi connectivity index (χ4n) is 3.07. The van der Waals surface area contributed by atoms with Gasteiger partial charge in [0.05, 0.1) is 18.4 Å². The zero-order valence-corrected chi connectivity index (χ0v) is 16.4. The number of nitrogens with one attached hydrogen (secondary N) is 2. The summed E-state index contributed by atoms with van der Waals surface area (Å²) in [6.45, 7) is 0. The molecule has 0 spiro atoms. The molecule has 4 aromatic rings. The van der Waals surface area contributed by atoms with Crippen molar-refractivity contribution in [2.24, 2.45) is 0 Å². The minimum atomic E-state index is -0.897. The zero-order valence-electron chi connectivity index (χ0n) is 15.6. The number of anilines is 2. The van der Waals surface area contributed by atoms with E-state index in [1.807, 2.05) is 0 Å². The van der Waals surface area contributed by atoms with E-state index in [1.54, 1.807) is 49.6 Å². The third-order valence-electron chi connectivity index (χ3n) is 4.44. The predicted octanol–water partition coefficient (Wildman–Crippen LogP) is 6.68. The Labute approximate surface area is 175 Å². The number of furan rings is 1.